The van der Waals surface area contributed by atoms with Crippen LogP contribution in [0.1, 0.15) is 51.9 Å². The van der Waals surface area contributed by atoms with Crippen LogP contribution in [0.25, 0.3) is 0 Å². The van der Waals surface area contributed by atoms with E-state index in [2.05, 4.69) is 27.4 Å². The molecule has 1 heterocycles. The van der Waals surface area contributed by atoms with Crippen LogP contribution in [-0.4, -0.2) is 59.1 Å². The quantitative estimate of drug-likeness (QED) is 0.541. The molecule has 2 N–H and O–H groups in total. The van der Waals surface area contributed by atoms with Crippen LogP contribution in [0.15, 0.2) is 40.2 Å². The van der Waals surface area contributed by atoms with E-state index in [0.29, 0.717) is 18.3 Å². The summed E-state index contributed by atoms with van der Waals surface area (Å²) in [6.45, 7) is 5.89. The Labute approximate surface area is 172 Å². The minimum Gasteiger partial charge on any atom is -0.357 e. The number of guanidine groups is 1. The predicted octanol–water partition coefficient (Wildman–Crippen LogP) is 3.15. The van der Waals surface area contributed by atoms with E-state index in [-0.39, 0.29) is 0 Å². The number of hydrogen-bond acceptors (Lipinski definition) is 3. The second-order valence-electron chi connectivity index (χ2n) is 7.87. The summed E-state index contributed by atoms with van der Waals surface area (Å²) in [6, 6.07) is 11.0. The Bertz CT molecular complexity index is 623. The summed E-state index contributed by atoms with van der Waals surface area (Å²) in [6.07, 6.45) is 9.37. The Kier molecular flexibility index (Phi) is 8.80. The monoisotopic (exact) mass is 404 g/mol. The van der Waals surface area contributed by atoms with Gasteiger partial charge in [0.05, 0.1) is 17.3 Å². The van der Waals surface area contributed by atoms with Crippen LogP contribution in [0.2, 0.25) is 0 Å². The second-order valence-corrected chi connectivity index (χ2v) is 9.44. The summed E-state index contributed by atoms with van der Waals surface area (Å²) < 4.78 is 12.4. The van der Waals surface area contributed by atoms with Gasteiger partial charge >= 0.3 is 0 Å². The van der Waals surface area contributed by atoms with Crippen LogP contribution in [0, 0.1) is 0 Å². The molecule has 0 aromatic heterocycles. The Morgan fingerprint density at radius 3 is 2.50 bits per heavy atom. The molecule has 1 aliphatic carbocycles. The van der Waals surface area contributed by atoms with Crippen LogP contribution in [0.4, 0.5) is 0 Å². The lowest BCUT2D eigenvalue weighted by molar-refractivity contribution is 0.119. The van der Waals surface area contributed by atoms with Crippen LogP contribution >= 0.6 is 0 Å². The van der Waals surface area contributed by atoms with Gasteiger partial charge in [-0.25, -0.2) is 0 Å². The van der Waals surface area contributed by atoms with Gasteiger partial charge in [0.15, 0.2) is 5.96 Å². The first-order valence-corrected chi connectivity index (χ1v) is 12.3. The zero-order chi connectivity index (χ0) is 19.6. The number of nitrogens with zero attached hydrogens (tertiary/aromatic N) is 2. The second kappa shape index (κ2) is 11.6. The zero-order valence-corrected chi connectivity index (χ0v) is 18.1. The molecule has 6 heteroatoms. The Balaban J connectivity index is 1.43. The average Bonchev–Trinajstić information content (AvgIpc) is 2.75. The van der Waals surface area contributed by atoms with Crippen LogP contribution < -0.4 is 10.6 Å². The molecule has 0 bridgehead atoms. The molecule has 156 valence electrons. The molecule has 3 rings (SSSR count). The van der Waals surface area contributed by atoms with Gasteiger partial charge in [0.25, 0.3) is 0 Å². The maximum atomic E-state index is 12.4. The summed E-state index contributed by atoms with van der Waals surface area (Å²) in [4.78, 5) is 8.26. The van der Waals surface area contributed by atoms with E-state index in [1.165, 1.54) is 58.0 Å². The van der Waals surface area contributed by atoms with Crippen molar-refractivity contribution in [2.45, 2.75) is 68.8 Å². The molecule has 28 heavy (non-hydrogen) atoms. The Morgan fingerprint density at radius 2 is 1.82 bits per heavy atom. The number of hydrogen-bond donors (Lipinski definition) is 2. The van der Waals surface area contributed by atoms with E-state index in [9.17, 15) is 4.21 Å². The third kappa shape index (κ3) is 6.59. The molecule has 1 aromatic carbocycles. The molecule has 2 aliphatic rings. The number of rotatable bonds is 7. The molecule has 1 saturated heterocycles. The minimum absolute atomic E-state index is 0.484. The molecule has 0 radical (unpaired) electrons. The van der Waals surface area contributed by atoms with E-state index < -0.39 is 10.8 Å². The number of aliphatic imine (C=N–C) groups is 1. The summed E-state index contributed by atoms with van der Waals surface area (Å²) in [7, 11) is -0.988. The summed E-state index contributed by atoms with van der Waals surface area (Å²) >= 11 is 0. The van der Waals surface area contributed by atoms with E-state index in [1.807, 2.05) is 30.3 Å². The van der Waals surface area contributed by atoms with Gasteiger partial charge in [-0.3, -0.25) is 9.20 Å². The molecule has 0 spiro atoms. The first-order chi connectivity index (χ1) is 13.8. The highest BCUT2D eigenvalue weighted by Gasteiger charge is 2.26. The molecule has 1 atom stereocenters. The number of nitrogens with one attached hydrogen (secondary N) is 2. The molecule has 1 saturated carbocycles. The maximum Gasteiger partial charge on any atom is 0.191 e. The average molecular weight is 405 g/mol. The number of benzene rings is 1. The van der Waals surface area contributed by atoms with Crippen molar-refractivity contribution < 1.29 is 4.21 Å². The molecule has 5 nitrogen and oxygen atoms in total. The Hall–Kier alpha value is -1.40. The minimum atomic E-state index is -0.988. The van der Waals surface area contributed by atoms with Gasteiger partial charge in [-0.2, -0.15) is 0 Å². The lowest BCUT2D eigenvalue weighted by Gasteiger charge is -2.39. The maximum absolute atomic E-state index is 12.4. The fourth-order valence-corrected chi connectivity index (χ4v) is 5.25. The fraction of sp³-hybridized carbons (Fsp3) is 0.682. The van der Waals surface area contributed by atoms with Crippen molar-refractivity contribution >= 4 is 16.8 Å². The van der Waals surface area contributed by atoms with Crippen molar-refractivity contribution in [2.24, 2.45) is 4.99 Å². The van der Waals surface area contributed by atoms with Crippen molar-refractivity contribution in [2.75, 3.05) is 31.9 Å². The highest BCUT2D eigenvalue weighted by Crippen LogP contribution is 2.25. The molecule has 0 amide bonds. The Morgan fingerprint density at radius 1 is 1.11 bits per heavy atom. The number of likely N-dealkylation sites (tertiary alicyclic amines) is 1. The summed E-state index contributed by atoms with van der Waals surface area (Å²) in [5.74, 6) is 1.42. The molecule has 1 aromatic rings. The van der Waals surface area contributed by atoms with Gasteiger partial charge in [0.2, 0.25) is 0 Å². The van der Waals surface area contributed by atoms with Crippen molar-refractivity contribution in [3.8, 4) is 0 Å². The van der Waals surface area contributed by atoms with E-state index >= 15 is 0 Å². The topological polar surface area (TPSA) is 56.7 Å². The fourth-order valence-electron chi connectivity index (χ4n) is 4.30. The van der Waals surface area contributed by atoms with Gasteiger partial charge in [-0.15, -0.1) is 0 Å². The van der Waals surface area contributed by atoms with E-state index in [0.717, 1.165) is 23.4 Å². The van der Waals surface area contributed by atoms with Crippen LogP contribution in [-0.2, 0) is 10.8 Å². The highest BCUT2D eigenvalue weighted by atomic mass is 32.2. The first-order valence-electron chi connectivity index (χ1n) is 11.0. The van der Waals surface area contributed by atoms with E-state index in [1.54, 1.807) is 0 Å². The largest absolute Gasteiger partial charge is 0.357 e. The zero-order valence-electron chi connectivity index (χ0n) is 17.2. The first kappa shape index (κ1) is 21.3. The lowest BCUT2D eigenvalue weighted by atomic mass is 9.92. The molecular formula is C22H36N4OS. The van der Waals surface area contributed by atoms with E-state index in [4.69, 9.17) is 0 Å². The SMILES string of the molecule is CCNC(=NCCS(=O)c1ccccc1)NC1CCN(C2CCCCC2)CC1. The predicted molar refractivity (Wildman–Crippen MR) is 118 cm³/mol. The smallest absolute Gasteiger partial charge is 0.191 e. The third-order valence-corrected chi connectivity index (χ3v) is 7.21. The molecule has 1 unspecified atom stereocenters. The van der Waals surface area contributed by atoms with Gasteiger partial charge < -0.3 is 15.5 Å². The lowest BCUT2D eigenvalue weighted by Crippen LogP contribution is -2.51. The van der Waals surface area contributed by atoms with Crippen molar-refractivity contribution in [3.05, 3.63) is 30.3 Å². The van der Waals surface area contributed by atoms with Crippen LogP contribution in [0.3, 0.4) is 0 Å². The summed E-state index contributed by atoms with van der Waals surface area (Å²) in [5, 5.41) is 6.95. The van der Waals surface area contributed by atoms with Crippen molar-refractivity contribution in [1.29, 1.82) is 0 Å². The molecule has 1 aliphatic heterocycles. The van der Waals surface area contributed by atoms with Gasteiger partial charge in [0, 0.05) is 42.4 Å². The van der Waals surface area contributed by atoms with Gasteiger partial charge in [0.1, 0.15) is 0 Å². The highest BCUT2D eigenvalue weighted by molar-refractivity contribution is 7.85. The molecule has 2 fully saturated rings. The van der Waals surface area contributed by atoms with Gasteiger partial charge in [-0.1, -0.05) is 37.5 Å². The van der Waals surface area contributed by atoms with Crippen molar-refractivity contribution in [1.82, 2.24) is 15.5 Å². The number of piperidine rings is 1. The van der Waals surface area contributed by atoms with Gasteiger partial charge in [-0.05, 0) is 44.7 Å². The summed E-state index contributed by atoms with van der Waals surface area (Å²) in [5.41, 5.74) is 0. The normalized spacial score (nSPS) is 21.4. The third-order valence-electron chi connectivity index (χ3n) is 5.86. The molecular weight excluding hydrogens is 368 g/mol. The van der Waals surface area contributed by atoms with Crippen LogP contribution in [0.5, 0.6) is 0 Å². The van der Waals surface area contributed by atoms with Crippen molar-refractivity contribution in [3.63, 3.8) is 0 Å². The standard InChI is InChI=1S/C22H36N4OS/c1-2-23-22(24-15-18-28(27)21-11-7-4-8-12-21)25-19-13-16-26(17-14-19)20-9-5-3-6-10-20/h4,7-8,11-12,19-20H,2-3,5-6,9-10,13-18H2,1H3,(H2,23,24,25).